The van der Waals surface area contributed by atoms with E-state index in [1.54, 1.807) is 11.8 Å². The van der Waals surface area contributed by atoms with E-state index in [1.807, 2.05) is 72.8 Å². The summed E-state index contributed by atoms with van der Waals surface area (Å²) in [5.41, 5.74) is 3.90. The van der Waals surface area contributed by atoms with Crippen molar-refractivity contribution in [2.24, 2.45) is 0 Å². The molecule has 1 aliphatic rings. The number of hydrogen-bond acceptors (Lipinski definition) is 3. The normalized spacial score (nSPS) is 15.9. The smallest absolute Gasteiger partial charge is 0.153 e. The van der Waals surface area contributed by atoms with Gasteiger partial charge in [0, 0.05) is 16.2 Å². The summed E-state index contributed by atoms with van der Waals surface area (Å²) in [5.74, 6) is 1.63. The van der Waals surface area contributed by atoms with Gasteiger partial charge in [0.25, 0.3) is 0 Å². The molecule has 0 amide bonds. The Labute approximate surface area is 157 Å². The highest BCUT2D eigenvalue weighted by molar-refractivity contribution is 8.07. The lowest BCUT2D eigenvalue weighted by Gasteiger charge is -2.29. The Hall–Kier alpha value is -2.78. The lowest BCUT2D eigenvalue weighted by Crippen LogP contribution is -2.17. The van der Waals surface area contributed by atoms with Gasteiger partial charge in [-0.2, -0.15) is 0 Å². The highest BCUT2D eigenvalue weighted by Crippen LogP contribution is 2.46. The highest BCUT2D eigenvalue weighted by Gasteiger charge is 2.29. The number of rotatable bonds is 5. The summed E-state index contributed by atoms with van der Waals surface area (Å²) in [7, 11) is 0. The summed E-state index contributed by atoms with van der Waals surface area (Å²) < 4.78 is 6.20. The molecule has 1 aliphatic heterocycles. The number of hydrogen-bond donors (Lipinski definition) is 0. The minimum atomic E-state index is -0.373. The van der Waals surface area contributed by atoms with Crippen molar-refractivity contribution in [1.29, 1.82) is 0 Å². The lowest BCUT2D eigenvalue weighted by molar-refractivity contribution is -0.105. The van der Waals surface area contributed by atoms with E-state index in [2.05, 4.69) is 12.1 Å². The monoisotopic (exact) mass is 358 g/mol. The number of carbonyl (C=O) groups is 1. The van der Waals surface area contributed by atoms with Crippen molar-refractivity contribution in [3.05, 3.63) is 107 Å². The molecule has 0 aromatic heterocycles. The molecular weight excluding hydrogens is 340 g/mol. The van der Waals surface area contributed by atoms with Crippen LogP contribution in [0.15, 0.2) is 90.5 Å². The summed E-state index contributed by atoms with van der Waals surface area (Å²) in [6.07, 6.45) is 0.572. The second-order valence-electron chi connectivity index (χ2n) is 6.08. The lowest BCUT2D eigenvalue weighted by atomic mass is 9.97. The van der Waals surface area contributed by atoms with Crippen LogP contribution in [0.5, 0.6) is 5.75 Å². The van der Waals surface area contributed by atoms with Gasteiger partial charge in [-0.05, 0) is 17.2 Å². The van der Waals surface area contributed by atoms with Crippen LogP contribution in [0.1, 0.15) is 22.8 Å². The molecular formula is C23H18O2S. The van der Waals surface area contributed by atoms with Crippen LogP contribution in [0.3, 0.4) is 0 Å². The molecule has 3 aromatic carbocycles. The van der Waals surface area contributed by atoms with Gasteiger partial charge in [0.2, 0.25) is 0 Å². The van der Waals surface area contributed by atoms with Gasteiger partial charge in [-0.25, -0.2) is 0 Å². The number of ether oxygens (including phenoxy) is 1. The molecule has 0 spiro atoms. The molecule has 0 bridgehead atoms. The predicted octanol–water partition coefficient (Wildman–Crippen LogP) is 5.66. The van der Waals surface area contributed by atoms with E-state index in [9.17, 15) is 4.79 Å². The number of fused-ring (bicyclic) bond motifs is 1. The van der Waals surface area contributed by atoms with Gasteiger partial charge in [0.15, 0.2) is 12.4 Å². The zero-order valence-corrected chi connectivity index (χ0v) is 15.0. The molecule has 0 aliphatic carbocycles. The quantitative estimate of drug-likeness (QED) is 0.550. The zero-order chi connectivity index (χ0) is 17.8. The molecule has 0 N–H and O–H groups in total. The summed E-state index contributed by atoms with van der Waals surface area (Å²) in [6, 6.07) is 28.1. The Balaban J connectivity index is 1.76. The van der Waals surface area contributed by atoms with E-state index in [4.69, 9.17) is 4.74 Å². The first-order valence-electron chi connectivity index (χ1n) is 8.54. The molecule has 128 valence electrons. The van der Waals surface area contributed by atoms with Crippen molar-refractivity contribution in [2.45, 2.75) is 11.9 Å². The van der Waals surface area contributed by atoms with E-state index >= 15 is 0 Å². The largest absolute Gasteiger partial charge is 0.480 e. The summed E-state index contributed by atoms with van der Waals surface area (Å²) in [6.45, 7) is 0. The molecule has 3 aromatic rings. The third-order valence-corrected chi connectivity index (χ3v) is 5.60. The maximum atomic E-state index is 12.0. The average molecular weight is 358 g/mol. The van der Waals surface area contributed by atoms with E-state index in [0.717, 1.165) is 33.8 Å². The van der Waals surface area contributed by atoms with Crippen molar-refractivity contribution in [1.82, 2.24) is 0 Å². The summed E-state index contributed by atoms with van der Waals surface area (Å²) in [4.78, 5) is 13.0. The van der Waals surface area contributed by atoms with E-state index in [1.165, 1.54) is 5.56 Å². The van der Waals surface area contributed by atoms with Crippen LogP contribution < -0.4 is 4.74 Å². The molecule has 1 unspecified atom stereocenters. The molecule has 0 saturated heterocycles. The van der Waals surface area contributed by atoms with E-state index in [0.29, 0.717) is 5.57 Å². The van der Waals surface area contributed by atoms with Crippen LogP contribution in [-0.2, 0) is 10.5 Å². The molecule has 4 rings (SSSR count). The predicted molar refractivity (Wildman–Crippen MR) is 107 cm³/mol. The number of aldehydes is 1. The molecule has 26 heavy (non-hydrogen) atoms. The second kappa shape index (κ2) is 7.63. The first kappa shape index (κ1) is 16.7. The van der Waals surface area contributed by atoms with Crippen molar-refractivity contribution < 1.29 is 9.53 Å². The van der Waals surface area contributed by atoms with E-state index in [-0.39, 0.29) is 6.10 Å². The number of thioether (sulfide) groups is 1. The highest BCUT2D eigenvalue weighted by atomic mass is 32.2. The van der Waals surface area contributed by atoms with Gasteiger partial charge in [-0.3, -0.25) is 4.79 Å². The molecule has 1 atom stereocenters. The molecule has 0 fully saturated rings. The Bertz CT molecular complexity index is 933. The standard InChI is InChI=1S/C23H18O2S/c24-15-20-22(18-11-5-2-6-12-18)25-21-14-8-7-13-19(21)23(20)26-16-17-9-3-1-4-10-17/h1-15,22H,16H2. The Morgan fingerprint density at radius 2 is 1.50 bits per heavy atom. The first-order valence-corrected chi connectivity index (χ1v) is 9.52. The first-order chi connectivity index (χ1) is 12.9. The molecule has 1 heterocycles. The summed E-state index contributed by atoms with van der Waals surface area (Å²) in [5, 5.41) is 0. The Morgan fingerprint density at radius 1 is 0.846 bits per heavy atom. The van der Waals surface area contributed by atoms with Crippen LogP contribution >= 0.6 is 11.8 Å². The fourth-order valence-corrected chi connectivity index (χ4v) is 4.25. The zero-order valence-electron chi connectivity index (χ0n) is 14.2. The fourth-order valence-electron chi connectivity index (χ4n) is 3.10. The maximum Gasteiger partial charge on any atom is 0.153 e. The second-order valence-corrected chi connectivity index (χ2v) is 7.07. The van der Waals surface area contributed by atoms with Crippen LogP contribution in [0.4, 0.5) is 0 Å². The Morgan fingerprint density at radius 3 is 2.23 bits per heavy atom. The SMILES string of the molecule is O=CC1=C(SCc2ccccc2)c2ccccc2OC1c1ccccc1. The fraction of sp³-hybridized carbons (Fsp3) is 0.0870. The van der Waals surface area contributed by atoms with Crippen LogP contribution in [0, 0.1) is 0 Å². The number of carbonyl (C=O) groups excluding carboxylic acids is 1. The summed E-state index contributed by atoms with van der Waals surface area (Å²) >= 11 is 1.69. The van der Waals surface area contributed by atoms with Gasteiger partial charge in [-0.1, -0.05) is 78.9 Å². The molecule has 0 saturated carbocycles. The third-order valence-electron chi connectivity index (χ3n) is 4.38. The van der Waals surface area contributed by atoms with Crippen LogP contribution in [-0.4, -0.2) is 6.29 Å². The van der Waals surface area contributed by atoms with Gasteiger partial charge in [-0.15, -0.1) is 11.8 Å². The van der Waals surface area contributed by atoms with Crippen molar-refractivity contribution in [2.75, 3.05) is 0 Å². The Kier molecular flexibility index (Phi) is 4.89. The molecule has 2 nitrogen and oxygen atoms in total. The topological polar surface area (TPSA) is 26.3 Å². The van der Waals surface area contributed by atoms with Crippen molar-refractivity contribution in [3.8, 4) is 5.75 Å². The van der Waals surface area contributed by atoms with Crippen molar-refractivity contribution in [3.63, 3.8) is 0 Å². The number of para-hydroxylation sites is 1. The van der Waals surface area contributed by atoms with Crippen molar-refractivity contribution >= 4 is 23.0 Å². The van der Waals surface area contributed by atoms with Gasteiger partial charge in [0.1, 0.15) is 5.75 Å². The minimum Gasteiger partial charge on any atom is -0.480 e. The van der Waals surface area contributed by atoms with E-state index < -0.39 is 0 Å². The molecule has 3 heteroatoms. The number of benzene rings is 3. The molecule has 0 radical (unpaired) electrons. The van der Waals surface area contributed by atoms with Gasteiger partial charge >= 0.3 is 0 Å². The third kappa shape index (κ3) is 3.31. The van der Waals surface area contributed by atoms with Gasteiger partial charge < -0.3 is 4.74 Å². The van der Waals surface area contributed by atoms with Crippen LogP contribution in [0.25, 0.3) is 4.91 Å². The average Bonchev–Trinajstić information content (AvgIpc) is 2.72. The van der Waals surface area contributed by atoms with Gasteiger partial charge in [0.05, 0.1) is 5.57 Å². The maximum absolute atomic E-state index is 12.0. The van der Waals surface area contributed by atoms with Crippen LogP contribution in [0.2, 0.25) is 0 Å². The minimum absolute atomic E-state index is 0.373.